The lowest BCUT2D eigenvalue weighted by Gasteiger charge is -2.08. The quantitative estimate of drug-likeness (QED) is 0.290. The van der Waals surface area contributed by atoms with Gasteiger partial charge in [0.05, 0.1) is 5.75 Å². The van der Waals surface area contributed by atoms with Crippen LogP contribution in [-0.4, -0.2) is 31.1 Å². The normalized spacial score (nSPS) is 11.2. The van der Waals surface area contributed by atoms with Crippen molar-refractivity contribution >= 4 is 39.1 Å². The minimum absolute atomic E-state index is 0.0901. The van der Waals surface area contributed by atoms with Gasteiger partial charge in [0, 0.05) is 28.5 Å². The number of Topliss-reactive ketones (excluding diaryl/α,β-unsaturated/α-hetero) is 1. The number of ketones is 1. The molecule has 26 heavy (non-hydrogen) atoms. The average molecular weight is 380 g/mol. The van der Waals surface area contributed by atoms with E-state index in [4.69, 9.17) is 0 Å². The van der Waals surface area contributed by atoms with E-state index in [0.717, 1.165) is 38.0 Å². The van der Waals surface area contributed by atoms with Crippen LogP contribution in [0.15, 0.2) is 53.3 Å². The minimum Gasteiger partial charge on any atom is -0.302 e. The van der Waals surface area contributed by atoms with Crippen LogP contribution in [0.25, 0.3) is 16.0 Å². The molecule has 0 fully saturated rings. The molecule has 0 radical (unpaired) electrons. The molecule has 0 saturated heterocycles. The third kappa shape index (κ3) is 3.04. The maximum Gasteiger partial charge on any atom is 0.174 e. The van der Waals surface area contributed by atoms with Crippen LogP contribution in [0.5, 0.6) is 0 Å². The van der Waals surface area contributed by atoms with E-state index in [9.17, 15) is 4.79 Å². The van der Waals surface area contributed by atoms with Gasteiger partial charge in [-0.25, -0.2) is 15.0 Å². The molecule has 0 unspecified atom stereocenters. The number of hydrogen-bond acceptors (Lipinski definition) is 6. The average Bonchev–Trinajstić information content (AvgIpc) is 3.25. The van der Waals surface area contributed by atoms with E-state index in [1.165, 1.54) is 11.8 Å². The monoisotopic (exact) mass is 380 g/mol. The van der Waals surface area contributed by atoms with Crippen LogP contribution >= 0.6 is 23.1 Å². The van der Waals surface area contributed by atoms with Crippen molar-refractivity contribution in [1.82, 2.24) is 19.5 Å². The Morgan fingerprint density at radius 1 is 1.19 bits per heavy atom. The van der Waals surface area contributed by atoms with Crippen LogP contribution in [-0.2, 0) is 0 Å². The first-order chi connectivity index (χ1) is 12.6. The summed E-state index contributed by atoms with van der Waals surface area (Å²) in [4.78, 5) is 26.7. The number of nitrogens with zero attached hydrogens (tertiary/aromatic N) is 4. The summed E-state index contributed by atoms with van der Waals surface area (Å²) in [5.74, 6) is 1.26. The van der Waals surface area contributed by atoms with Crippen LogP contribution in [0.2, 0.25) is 0 Å². The SMILES string of the molecule is Cc1cc(C(=O)CSc2ncnc3sccc23)c(C)n1-c1ccccn1. The summed E-state index contributed by atoms with van der Waals surface area (Å²) in [7, 11) is 0. The topological polar surface area (TPSA) is 60.7 Å². The van der Waals surface area contributed by atoms with Gasteiger partial charge in [0.25, 0.3) is 0 Å². The minimum atomic E-state index is 0.0901. The van der Waals surface area contributed by atoms with Gasteiger partial charge < -0.3 is 4.57 Å². The highest BCUT2D eigenvalue weighted by Gasteiger charge is 2.18. The summed E-state index contributed by atoms with van der Waals surface area (Å²) >= 11 is 3.04. The number of fused-ring (bicyclic) bond motifs is 1. The van der Waals surface area contributed by atoms with Crippen molar-refractivity contribution < 1.29 is 4.79 Å². The zero-order chi connectivity index (χ0) is 18.1. The van der Waals surface area contributed by atoms with Crippen molar-refractivity contribution in [2.75, 3.05) is 5.75 Å². The Morgan fingerprint density at radius 3 is 2.88 bits per heavy atom. The molecular formula is C19H16N4OS2. The molecule has 0 aliphatic heterocycles. The molecule has 7 heteroatoms. The number of aryl methyl sites for hydroxylation is 1. The molecule has 130 valence electrons. The number of rotatable bonds is 5. The zero-order valence-corrected chi connectivity index (χ0v) is 16.0. The zero-order valence-electron chi connectivity index (χ0n) is 14.3. The van der Waals surface area contributed by atoms with Crippen LogP contribution in [0.3, 0.4) is 0 Å². The molecule has 0 bridgehead atoms. The first-order valence-electron chi connectivity index (χ1n) is 8.09. The molecule has 0 saturated carbocycles. The van der Waals surface area contributed by atoms with Gasteiger partial charge in [0.1, 0.15) is 22.0 Å². The lowest BCUT2D eigenvalue weighted by atomic mass is 10.2. The van der Waals surface area contributed by atoms with Gasteiger partial charge in [-0.2, -0.15) is 0 Å². The number of carbonyl (C=O) groups excluding carboxylic acids is 1. The van der Waals surface area contributed by atoms with Crippen LogP contribution in [0.4, 0.5) is 0 Å². The molecule has 4 aromatic rings. The summed E-state index contributed by atoms with van der Waals surface area (Å²) in [6, 6.07) is 9.71. The first-order valence-corrected chi connectivity index (χ1v) is 9.96. The van der Waals surface area contributed by atoms with Crippen molar-refractivity contribution in [3.63, 3.8) is 0 Å². The number of hydrogen-bond donors (Lipinski definition) is 0. The molecule has 0 spiro atoms. The lowest BCUT2D eigenvalue weighted by Crippen LogP contribution is -2.06. The standard InChI is InChI=1S/C19H16N4OS2/c1-12-9-15(13(2)23(12)17-5-3-4-7-20-17)16(24)10-26-19-14-6-8-25-18(14)21-11-22-19/h3-9,11H,10H2,1-2H3. The highest BCUT2D eigenvalue weighted by molar-refractivity contribution is 8.00. The second-order valence-corrected chi connectivity index (χ2v) is 7.70. The summed E-state index contributed by atoms with van der Waals surface area (Å²) in [6.07, 6.45) is 3.31. The van der Waals surface area contributed by atoms with Crippen molar-refractivity contribution in [2.24, 2.45) is 0 Å². The van der Waals surface area contributed by atoms with Crippen LogP contribution < -0.4 is 0 Å². The van der Waals surface area contributed by atoms with Gasteiger partial charge in [-0.1, -0.05) is 17.8 Å². The second kappa shape index (κ2) is 7.01. The molecule has 4 heterocycles. The molecular weight excluding hydrogens is 364 g/mol. The fourth-order valence-corrected chi connectivity index (χ4v) is 4.64. The van der Waals surface area contributed by atoms with Crippen molar-refractivity contribution in [2.45, 2.75) is 18.9 Å². The van der Waals surface area contributed by atoms with Gasteiger partial charge in [0.2, 0.25) is 0 Å². The molecule has 0 N–H and O–H groups in total. The van der Waals surface area contributed by atoms with Crippen molar-refractivity contribution in [1.29, 1.82) is 0 Å². The summed E-state index contributed by atoms with van der Waals surface area (Å²) in [5.41, 5.74) is 2.64. The number of carbonyl (C=O) groups is 1. The fourth-order valence-electron chi connectivity index (χ4n) is 2.98. The molecule has 0 aliphatic rings. The maximum atomic E-state index is 12.8. The van der Waals surface area contributed by atoms with Gasteiger partial charge in [-0.3, -0.25) is 4.79 Å². The Morgan fingerprint density at radius 2 is 2.08 bits per heavy atom. The van der Waals surface area contributed by atoms with Crippen LogP contribution in [0, 0.1) is 13.8 Å². The summed E-state index contributed by atoms with van der Waals surface area (Å²) < 4.78 is 2.01. The lowest BCUT2D eigenvalue weighted by molar-refractivity contribution is 0.102. The predicted octanol–water partition coefficient (Wildman–Crippen LogP) is 4.47. The van der Waals surface area contributed by atoms with E-state index in [1.54, 1.807) is 23.9 Å². The predicted molar refractivity (Wildman–Crippen MR) is 106 cm³/mol. The van der Waals surface area contributed by atoms with E-state index in [1.807, 2.05) is 54.1 Å². The van der Waals surface area contributed by atoms with E-state index < -0.39 is 0 Å². The Labute approximate surface area is 159 Å². The van der Waals surface area contributed by atoms with Gasteiger partial charge in [-0.15, -0.1) is 11.3 Å². The molecule has 5 nitrogen and oxygen atoms in total. The molecule has 0 amide bonds. The van der Waals surface area contributed by atoms with Crippen LogP contribution in [0.1, 0.15) is 21.7 Å². The number of thioether (sulfide) groups is 1. The Kier molecular flexibility index (Phi) is 4.57. The van der Waals surface area contributed by atoms with Gasteiger partial charge in [-0.05, 0) is 43.5 Å². The molecule has 4 aromatic heterocycles. The Hall–Kier alpha value is -2.51. The summed E-state index contributed by atoms with van der Waals surface area (Å²) in [6.45, 7) is 3.95. The highest BCUT2D eigenvalue weighted by atomic mass is 32.2. The summed E-state index contributed by atoms with van der Waals surface area (Å²) in [5, 5.41) is 3.85. The van der Waals surface area contributed by atoms with E-state index in [0.29, 0.717) is 5.75 Å². The van der Waals surface area contributed by atoms with Gasteiger partial charge in [0.15, 0.2) is 5.78 Å². The molecule has 0 atom stereocenters. The smallest absolute Gasteiger partial charge is 0.174 e. The third-order valence-electron chi connectivity index (χ3n) is 4.18. The third-order valence-corrected chi connectivity index (χ3v) is 6.00. The Bertz CT molecular complexity index is 1090. The number of aromatic nitrogens is 4. The van der Waals surface area contributed by atoms with Gasteiger partial charge >= 0.3 is 0 Å². The fraction of sp³-hybridized carbons (Fsp3) is 0.158. The maximum absolute atomic E-state index is 12.8. The molecule has 0 aliphatic carbocycles. The van der Waals surface area contributed by atoms with E-state index in [2.05, 4.69) is 15.0 Å². The largest absolute Gasteiger partial charge is 0.302 e. The molecule has 4 rings (SSSR count). The molecule has 0 aromatic carbocycles. The number of pyridine rings is 1. The van der Waals surface area contributed by atoms with E-state index in [-0.39, 0.29) is 5.78 Å². The van der Waals surface area contributed by atoms with Crippen molar-refractivity contribution in [3.8, 4) is 5.82 Å². The van der Waals surface area contributed by atoms with E-state index >= 15 is 0 Å². The Balaban J connectivity index is 1.58. The second-order valence-electron chi connectivity index (χ2n) is 5.84. The highest BCUT2D eigenvalue weighted by Crippen LogP contribution is 2.29. The van der Waals surface area contributed by atoms with Crippen molar-refractivity contribution in [3.05, 3.63) is 65.2 Å². The first kappa shape index (κ1) is 16.9. The number of thiophene rings is 1.